The van der Waals surface area contributed by atoms with Gasteiger partial charge in [-0.2, -0.15) is 15.3 Å². The molecule has 5 rings (SSSR count). The molecule has 2 aromatic carbocycles. The summed E-state index contributed by atoms with van der Waals surface area (Å²) in [5.41, 5.74) is 4.86. The van der Waals surface area contributed by atoms with E-state index in [0.29, 0.717) is 42.6 Å². The summed E-state index contributed by atoms with van der Waals surface area (Å²) in [6.07, 6.45) is 4.35. The Labute approximate surface area is 213 Å². The van der Waals surface area contributed by atoms with Crippen LogP contribution < -0.4 is 5.56 Å². The minimum absolute atomic E-state index is 0.0930. The number of aliphatic carboxylic acids is 1. The van der Waals surface area contributed by atoms with Gasteiger partial charge in [0.25, 0.3) is 5.56 Å². The summed E-state index contributed by atoms with van der Waals surface area (Å²) in [6, 6.07) is 17.5. The van der Waals surface area contributed by atoms with Crippen LogP contribution in [0, 0.1) is 11.3 Å². The zero-order chi connectivity index (χ0) is 25.9. The van der Waals surface area contributed by atoms with Crippen LogP contribution in [0.15, 0.2) is 59.7 Å². The van der Waals surface area contributed by atoms with Crippen molar-refractivity contribution in [2.24, 2.45) is 0 Å². The van der Waals surface area contributed by atoms with Crippen molar-refractivity contribution in [1.82, 2.24) is 19.2 Å². The van der Waals surface area contributed by atoms with Crippen LogP contribution in [-0.2, 0) is 22.4 Å². The van der Waals surface area contributed by atoms with E-state index in [9.17, 15) is 14.9 Å². The Bertz CT molecular complexity index is 1540. The van der Waals surface area contributed by atoms with Gasteiger partial charge in [-0.3, -0.25) is 9.36 Å². The van der Waals surface area contributed by atoms with E-state index < -0.39 is 5.97 Å². The Kier molecular flexibility index (Phi) is 6.84. The van der Waals surface area contributed by atoms with E-state index in [2.05, 4.69) is 23.1 Å². The molecule has 0 aliphatic heterocycles. The lowest BCUT2D eigenvalue weighted by Crippen LogP contribution is -2.41. The molecule has 1 aliphatic carbocycles. The first kappa shape index (κ1) is 24.4. The average Bonchev–Trinajstić information content (AvgIpc) is 3.36. The number of hydrogen-bond donors (Lipinski definition) is 1. The Balaban J connectivity index is 1.48. The number of aryl methyl sites for hydroxylation is 1. The molecule has 1 N–H and O–H groups in total. The van der Waals surface area contributed by atoms with Crippen LogP contribution in [0.4, 0.5) is 0 Å². The molecule has 0 atom stereocenters. The van der Waals surface area contributed by atoms with Gasteiger partial charge in [-0.15, -0.1) is 0 Å². The van der Waals surface area contributed by atoms with E-state index in [-0.39, 0.29) is 24.3 Å². The number of fused-ring (bicyclic) bond motifs is 1. The number of carbonyl (C=O) groups is 1. The van der Waals surface area contributed by atoms with Crippen LogP contribution >= 0.6 is 0 Å². The molecule has 1 aliphatic rings. The first-order valence-electron chi connectivity index (χ1n) is 12.4. The molecular weight excluding hydrogens is 470 g/mol. The van der Waals surface area contributed by atoms with Gasteiger partial charge in [0.15, 0.2) is 0 Å². The van der Waals surface area contributed by atoms with Crippen molar-refractivity contribution in [2.75, 3.05) is 6.61 Å². The summed E-state index contributed by atoms with van der Waals surface area (Å²) in [5, 5.41) is 22.8. The zero-order valence-electron chi connectivity index (χ0n) is 20.5. The molecule has 0 bridgehead atoms. The monoisotopic (exact) mass is 497 g/mol. The van der Waals surface area contributed by atoms with Crippen molar-refractivity contribution in [1.29, 1.82) is 5.26 Å². The molecule has 9 nitrogen and oxygen atoms in total. The summed E-state index contributed by atoms with van der Waals surface area (Å²) in [5.74, 6) is -0.504. The fourth-order valence-electron chi connectivity index (χ4n) is 4.99. The standard InChI is InChI=1S/C28H27N5O4/c1-2-5-25-24(12-18-8-10-19(11-9-18)23-7-4-3-6-20(23)15-29)27(36)32(28-30-17-31-33(25)28)21-13-22(14-21)37-16-26(34)35/h3-4,6-11,17,21-22H,2,5,12-14,16H2,1H3,(H,34,35). The molecule has 0 unspecified atom stereocenters. The molecule has 2 heterocycles. The second-order valence-corrected chi connectivity index (χ2v) is 9.31. The molecule has 4 aromatic rings. The highest BCUT2D eigenvalue weighted by Gasteiger charge is 2.35. The zero-order valence-corrected chi connectivity index (χ0v) is 20.5. The van der Waals surface area contributed by atoms with E-state index >= 15 is 0 Å². The van der Waals surface area contributed by atoms with E-state index in [0.717, 1.165) is 28.8 Å². The molecule has 0 spiro atoms. The first-order chi connectivity index (χ1) is 18.0. The van der Waals surface area contributed by atoms with E-state index in [1.807, 2.05) is 42.5 Å². The average molecular weight is 498 g/mol. The molecule has 2 aromatic heterocycles. The van der Waals surface area contributed by atoms with Gasteiger partial charge in [0.2, 0.25) is 5.78 Å². The van der Waals surface area contributed by atoms with E-state index in [1.54, 1.807) is 15.1 Å². The van der Waals surface area contributed by atoms with Gasteiger partial charge in [0, 0.05) is 18.0 Å². The lowest BCUT2D eigenvalue weighted by molar-refractivity contribution is -0.147. The second kappa shape index (κ2) is 10.4. The molecule has 1 fully saturated rings. The van der Waals surface area contributed by atoms with Gasteiger partial charge in [-0.1, -0.05) is 55.8 Å². The quantitative estimate of drug-likeness (QED) is 0.373. The number of aromatic nitrogens is 4. The van der Waals surface area contributed by atoms with Crippen LogP contribution in [-0.4, -0.2) is 43.0 Å². The number of carboxylic acids is 1. The Morgan fingerprint density at radius 2 is 1.95 bits per heavy atom. The highest BCUT2D eigenvalue weighted by molar-refractivity contribution is 5.70. The van der Waals surface area contributed by atoms with E-state index in [1.165, 1.54) is 6.33 Å². The molecule has 0 amide bonds. The maximum atomic E-state index is 13.9. The molecule has 9 heteroatoms. The van der Waals surface area contributed by atoms with Crippen molar-refractivity contribution >= 4 is 11.7 Å². The van der Waals surface area contributed by atoms with Gasteiger partial charge in [0.1, 0.15) is 12.9 Å². The van der Waals surface area contributed by atoms with Crippen molar-refractivity contribution in [3.63, 3.8) is 0 Å². The number of nitriles is 1. The van der Waals surface area contributed by atoms with Gasteiger partial charge >= 0.3 is 5.97 Å². The van der Waals surface area contributed by atoms with Crippen molar-refractivity contribution < 1.29 is 14.6 Å². The minimum Gasteiger partial charge on any atom is -0.480 e. The summed E-state index contributed by atoms with van der Waals surface area (Å²) in [7, 11) is 0. The summed E-state index contributed by atoms with van der Waals surface area (Å²) in [4.78, 5) is 29.1. The molecule has 1 saturated carbocycles. The maximum Gasteiger partial charge on any atom is 0.329 e. The largest absolute Gasteiger partial charge is 0.480 e. The number of rotatable bonds is 9. The maximum absolute atomic E-state index is 13.9. The van der Waals surface area contributed by atoms with Crippen LogP contribution in [0.5, 0.6) is 0 Å². The predicted octanol–water partition coefficient (Wildman–Crippen LogP) is 3.78. The number of carboxylic acid groups (broad SMARTS) is 1. The van der Waals surface area contributed by atoms with Gasteiger partial charge in [-0.05, 0) is 42.0 Å². The highest BCUT2D eigenvalue weighted by Crippen LogP contribution is 2.35. The first-order valence-corrected chi connectivity index (χ1v) is 12.4. The van der Waals surface area contributed by atoms with Crippen LogP contribution in [0.1, 0.15) is 54.6 Å². The number of benzene rings is 2. The second-order valence-electron chi connectivity index (χ2n) is 9.31. The van der Waals surface area contributed by atoms with Gasteiger partial charge in [0.05, 0.1) is 23.4 Å². The fraction of sp³-hybridized carbons (Fsp3) is 0.321. The van der Waals surface area contributed by atoms with Crippen molar-refractivity contribution in [3.8, 4) is 17.2 Å². The molecule has 37 heavy (non-hydrogen) atoms. The van der Waals surface area contributed by atoms with Crippen LogP contribution in [0.3, 0.4) is 0 Å². The molecule has 0 saturated heterocycles. The van der Waals surface area contributed by atoms with Crippen molar-refractivity contribution in [2.45, 2.75) is 51.2 Å². The fourth-order valence-corrected chi connectivity index (χ4v) is 4.99. The van der Waals surface area contributed by atoms with Crippen molar-refractivity contribution in [3.05, 3.63) is 87.6 Å². The van der Waals surface area contributed by atoms with Crippen LogP contribution in [0.2, 0.25) is 0 Å². The Morgan fingerprint density at radius 3 is 2.65 bits per heavy atom. The molecule has 188 valence electrons. The summed E-state index contributed by atoms with van der Waals surface area (Å²) >= 11 is 0. The Morgan fingerprint density at radius 1 is 1.19 bits per heavy atom. The summed E-state index contributed by atoms with van der Waals surface area (Å²) < 4.78 is 8.86. The summed E-state index contributed by atoms with van der Waals surface area (Å²) in [6.45, 7) is 1.72. The predicted molar refractivity (Wildman–Crippen MR) is 136 cm³/mol. The number of hydrogen-bond acceptors (Lipinski definition) is 6. The van der Waals surface area contributed by atoms with E-state index in [4.69, 9.17) is 9.84 Å². The molecular formula is C28H27N5O4. The number of ether oxygens (including phenoxy) is 1. The third-order valence-electron chi connectivity index (χ3n) is 6.88. The third kappa shape index (κ3) is 4.76. The number of nitrogens with zero attached hydrogens (tertiary/aromatic N) is 5. The Hall–Kier alpha value is -4.29. The smallest absolute Gasteiger partial charge is 0.329 e. The molecule has 0 radical (unpaired) electrons. The van der Waals surface area contributed by atoms with Crippen LogP contribution in [0.25, 0.3) is 16.9 Å². The lowest BCUT2D eigenvalue weighted by Gasteiger charge is -2.36. The van der Waals surface area contributed by atoms with Gasteiger partial charge in [-0.25, -0.2) is 9.31 Å². The highest BCUT2D eigenvalue weighted by atomic mass is 16.5. The topological polar surface area (TPSA) is 123 Å². The van der Waals surface area contributed by atoms with Gasteiger partial charge < -0.3 is 9.84 Å². The lowest BCUT2D eigenvalue weighted by atomic mass is 9.88. The normalized spacial score (nSPS) is 16.9. The third-order valence-corrected chi connectivity index (χ3v) is 6.88. The minimum atomic E-state index is -1.01. The SMILES string of the molecule is CCCc1c(Cc2ccc(-c3ccccc3C#N)cc2)c(=O)n(C2CC(OCC(=O)O)C2)c2ncnn12.